The molecule has 90 valence electrons. The molecule has 2 aromatic heterocycles. The van der Waals surface area contributed by atoms with Gasteiger partial charge in [0.2, 0.25) is 5.91 Å². The van der Waals surface area contributed by atoms with Gasteiger partial charge < -0.3 is 16.0 Å². The molecular weight excluding hydrogens is 218 g/mol. The lowest BCUT2D eigenvalue weighted by molar-refractivity contribution is -0.118. The predicted octanol–water partition coefficient (Wildman–Crippen LogP) is 0.424. The van der Waals surface area contributed by atoms with Gasteiger partial charge in [0.1, 0.15) is 23.8 Å². The Kier molecular flexibility index (Phi) is 2.49. The van der Waals surface area contributed by atoms with Gasteiger partial charge in [0.05, 0.1) is 5.39 Å². The molecule has 0 atom stereocenters. The summed E-state index contributed by atoms with van der Waals surface area (Å²) in [6.45, 7) is 5.72. The monoisotopic (exact) mass is 233 g/mol. The summed E-state index contributed by atoms with van der Waals surface area (Å²) in [5, 5.41) is 0.800. The van der Waals surface area contributed by atoms with E-state index in [9.17, 15) is 4.79 Å². The maximum Gasteiger partial charge on any atom is 0.237 e. The second-order valence-electron chi connectivity index (χ2n) is 4.12. The van der Waals surface area contributed by atoms with E-state index in [0.29, 0.717) is 17.3 Å². The van der Waals surface area contributed by atoms with Crippen LogP contribution in [0.15, 0.2) is 0 Å². The van der Waals surface area contributed by atoms with E-state index in [0.717, 1.165) is 16.6 Å². The van der Waals surface area contributed by atoms with Gasteiger partial charge in [-0.3, -0.25) is 4.79 Å². The van der Waals surface area contributed by atoms with Crippen molar-refractivity contribution in [2.75, 3.05) is 5.73 Å². The average molecular weight is 233 g/mol. The van der Waals surface area contributed by atoms with Crippen LogP contribution in [0.2, 0.25) is 0 Å². The van der Waals surface area contributed by atoms with Crippen LogP contribution in [0.3, 0.4) is 0 Å². The highest BCUT2D eigenvalue weighted by Crippen LogP contribution is 2.27. The van der Waals surface area contributed by atoms with Gasteiger partial charge in [-0.1, -0.05) is 0 Å². The second-order valence-corrected chi connectivity index (χ2v) is 4.12. The van der Waals surface area contributed by atoms with Gasteiger partial charge in [-0.15, -0.1) is 0 Å². The Labute approximate surface area is 98.6 Å². The summed E-state index contributed by atoms with van der Waals surface area (Å²) < 4.78 is 1.78. The van der Waals surface area contributed by atoms with E-state index in [1.807, 2.05) is 13.8 Å². The largest absolute Gasteiger partial charge is 0.383 e. The minimum atomic E-state index is -0.403. The molecule has 0 aliphatic heterocycles. The van der Waals surface area contributed by atoms with Crippen molar-refractivity contribution in [3.8, 4) is 0 Å². The Bertz CT molecular complexity index is 614. The molecular formula is C11H15N5O. The minimum Gasteiger partial charge on any atom is -0.383 e. The molecule has 4 N–H and O–H groups in total. The van der Waals surface area contributed by atoms with Crippen LogP contribution in [0.5, 0.6) is 0 Å². The van der Waals surface area contributed by atoms with Crippen LogP contribution < -0.4 is 11.5 Å². The van der Waals surface area contributed by atoms with E-state index in [1.165, 1.54) is 0 Å². The molecule has 0 aliphatic rings. The van der Waals surface area contributed by atoms with E-state index in [2.05, 4.69) is 9.97 Å². The average Bonchev–Trinajstić information content (AvgIpc) is 2.42. The fourth-order valence-electron chi connectivity index (χ4n) is 2.03. The summed E-state index contributed by atoms with van der Waals surface area (Å²) in [4.78, 5) is 19.5. The molecule has 2 rings (SSSR count). The summed E-state index contributed by atoms with van der Waals surface area (Å²) >= 11 is 0. The molecule has 2 heterocycles. The number of anilines is 1. The maximum atomic E-state index is 11.1. The number of hydrogen-bond acceptors (Lipinski definition) is 4. The smallest absolute Gasteiger partial charge is 0.237 e. The highest BCUT2D eigenvalue weighted by molar-refractivity contribution is 5.92. The minimum absolute atomic E-state index is 0.103. The molecule has 0 saturated carbocycles. The standard InChI is InChI=1S/C11H15N5O/c1-5-6(2)16(4-8(12)17)11-9(5)10(13)14-7(3)15-11/h4H2,1-3H3,(H2,12,17)(H2,13,14,15). The van der Waals surface area contributed by atoms with E-state index in [1.54, 1.807) is 11.5 Å². The summed E-state index contributed by atoms with van der Waals surface area (Å²) in [6.07, 6.45) is 0. The Morgan fingerprint density at radius 1 is 1.29 bits per heavy atom. The van der Waals surface area contributed by atoms with Crippen molar-refractivity contribution in [2.24, 2.45) is 5.73 Å². The fraction of sp³-hybridized carbons (Fsp3) is 0.364. The number of amides is 1. The van der Waals surface area contributed by atoms with Crippen LogP contribution in [-0.4, -0.2) is 20.4 Å². The summed E-state index contributed by atoms with van der Waals surface area (Å²) in [7, 11) is 0. The van der Waals surface area contributed by atoms with E-state index in [4.69, 9.17) is 11.5 Å². The van der Waals surface area contributed by atoms with E-state index in [-0.39, 0.29) is 6.54 Å². The molecule has 0 aromatic carbocycles. The number of carbonyl (C=O) groups is 1. The van der Waals surface area contributed by atoms with Gasteiger partial charge in [-0.25, -0.2) is 9.97 Å². The highest BCUT2D eigenvalue weighted by Gasteiger charge is 2.16. The normalized spacial score (nSPS) is 11.0. The third-order valence-electron chi connectivity index (χ3n) is 2.92. The summed E-state index contributed by atoms with van der Waals surface area (Å²) in [5.41, 5.74) is 13.7. The van der Waals surface area contributed by atoms with Crippen molar-refractivity contribution in [2.45, 2.75) is 27.3 Å². The first-order valence-electron chi connectivity index (χ1n) is 5.29. The first-order valence-corrected chi connectivity index (χ1v) is 5.29. The van der Waals surface area contributed by atoms with Crippen molar-refractivity contribution < 1.29 is 4.79 Å². The molecule has 0 spiro atoms. The Hall–Kier alpha value is -2.11. The van der Waals surface area contributed by atoms with Gasteiger partial charge in [-0.2, -0.15) is 0 Å². The Balaban J connectivity index is 2.83. The maximum absolute atomic E-state index is 11.1. The molecule has 0 fully saturated rings. The van der Waals surface area contributed by atoms with Gasteiger partial charge in [-0.05, 0) is 26.3 Å². The van der Waals surface area contributed by atoms with Gasteiger partial charge >= 0.3 is 0 Å². The molecule has 0 bridgehead atoms. The van der Waals surface area contributed by atoms with Crippen LogP contribution in [0, 0.1) is 20.8 Å². The lowest BCUT2D eigenvalue weighted by Crippen LogP contribution is -2.19. The molecule has 17 heavy (non-hydrogen) atoms. The van der Waals surface area contributed by atoms with E-state index < -0.39 is 5.91 Å². The van der Waals surface area contributed by atoms with Crippen LogP contribution in [0.25, 0.3) is 11.0 Å². The van der Waals surface area contributed by atoms with Crippen LogP contribution in [0.4, 0.5) is 5.82 Å². The lowest BCUT2D eigenvalue weighted by atomic mass is 10.2. The number of carbonyl (C=O) groups excluding carboxylic acids is 1. The number of rotatable bonds is 2. The zero-order valence-electron chi connectivity index (χ0n) is 10.1. The molecule has 6 nitrogen and oxygen atoms in total. The molecule has 0 saturated heterocycles. The van der Waals surface area contributed by atoms with Gasteiger partial charge in [0, 0.05) is 5.69 Å². The number of hydrogen-bond donors (Lipinski definition) is 2. The molecule has 0 unspecified atom stereocenters. The predicted molar refractivity (Wildman–Crippen MR) is 65.3 cm³/mol. The van der Waals surface area contributed by atoms with Gasteiger partial charge in [0.15, 0.2) is 0 Å². The van der Waals surface area contributed by atoms with Crippen molar-refractivity contribution in [1.29, 1.82) is 0 Å². The first kappa shape index (κ1) is 11.4. The van der Waals surface area contributed by atoms with Crippen LogP contribution in [0.1, 0.15) is 17.1 Å². The zero-order chi connectivity index (χ0) is 12.7. The van der Waals surface area contributed by atoms with Crippen molar-refractivity contribution in [3.05, 3.63) is 17.1 Å². The molecule has 1 amide bonds. The zero-order valence-corrected chi connectivity index (χ0v) is 10.1. The Morgan fingerprint density at radius 3 is 2.53 bits per heavy atom. The number of nitrogen functional groups attached to an aromatic ring is 1. The number of nitrogens with two attached hydrogens (primary N) is 2. The third-order valence-corrected chi connectivity index (χ3v) is 2.92. The summed E-state index contributed by atoms with van der Waals surface area (Å²) in [6, 6.07) is 0. The topological polar surface area (TPSA) is 99.8 Å². The number of fused-ring (bicyclic) bond motifs is 1. The van der Waals surface area contributed by atoms with Crippen LogP contribution in [-0.2, 0) is 11.3 Å². The molecule has 0 radical (unpaired) electrons. The highest BCUT2D eigenvalue weighted by atomic mass is 16.1. The third kappa shape index (κ3) is 1.71. The number of aromatic nitrogens is 3. The lowest BCUT2D eigenvalue weighted by Gasteiger charge is -2.05. The van der Waals surface area contributed by atoms with Crippen molar-refractivity contribution >= 4 is 22.8 Å². The second kappa shape index (κ2) is 3.73. The van der Waals surface area contributed by atoms with Crippen molar-refractivity contribution in [3.63, 3.8) is 0 Å². The van der Waals surface area contributed by atoms with E-state index >= 15 is 0 Å². The Morgan fingerprint density at radius 2 is 1.94 bits per heavy atom. The number of primary amides is 1. The number of nitrogens with zero attached hydrogens (tertiary/aromatic N) is 3. The number of aryl methyl sites for hydroxylation is 2. The fourth-order valence-corrected chi connectivity index (χ4v) is 2.03. The van der Waals surface area contributed by atoms with Crippen LogP contribution >= 0.6 is 0 Å². The van der Waals surface area contributed by atoms with Gasteiger partial charge in [0.25, 0.3) is 0 Å². The molecule has 0 aliphatic carbocycles. The summed E-state index contributed by atoms with van der Waals surface area (Å²) in [5.74, 6) is 0.620. The quantitative estimate of drug-likeness (QED) is 0.785. The molecule has 2 aromatic rings. The van der Waals surface area contributed by atoms with Crippen molar-refractivity contribution in [1.82, 2.24) is 14.5 Å². The first-order chi connectivity index (χ1) is 7.91. The SMILES string of the molecule is Cc1nc(N)c2c(C)c(C)n(CC(N)=O)c2n1. The molecule has 6 heteroatoms.